The van der Waals surface area contributed by atoms with Crippen molar-refractivity contribution >= 4 is 29.5 Å². The number of hydrogen-bond donors (Lipinski definition) is 2. The molecule has 0 aromatic heterocycles. The lowest BCUT2D eigenvalue weighted by molar-refractivity contribution is -0.563. The van der Waals surface area contributed by atoms with Crippen LogP contribution in [0.4, 0.5) is 0 Å². The van der Waals surface area contributed by atoms with Gasteiger partial charge >= 0.3 is 0 Å². The second-order valence-electron chi connectivity index (χ2n) is 6.89. The van der Waals surface area contributed by atoms with E-state index < -0.39 is 0 Å². The van der Waals surface area contributed by atoms with Crippen molar-refractivity contribution in [3.8, 4) is 11.5 Å². The minimum absolute atomic E-state index is 0.0355. The van der Waals surface area contributed by atoms with Crippen molar-refractivity contribution in [2.45, 2.75) is 38.8 Å². The van der Waals surface area contributed by atoms with Crippen LogP contribution in [0.15, 0.2) is 36.4 Å². The average Bonchev–Trinajstić information content (AvgIpc) is 2.93. The van der Waals surface area contributed by atoms with E-state index in [-0.39, 0.29) is 23.6 Å². The first kappa shape index (κ1) is 19.8. The molecule has 1 aliphatic rings. The van der Waals surface area contributed by atoms with Crippen molar-refractivity contribution in [1.29, 1.82) is 0 Å². The lowest BCUT2D eigenvalue weighted by atomic mass is 9.92. The Morgan fingerprint density at radius 3 is 2.04 bits per heavy atom. The monoisotopic (exact) mass is 407 g/mol. The highest BCUT2D eigenvalue weighted by atomic mass is 35.5. The summed E-state index contributed by atoms with van der Waals surface area (Å²) in [5, 5.41) is 20.6. The molecule has 0 fully saturated rings. The van der Waals surface area contributed by atoms with E-state index >= 15 is 0 Å². The largest absolute Gasteiger partial charge is 0.508 e. The molecule has 2 aromatic rings. The van der Waals surface area contributed by atoms with Gasteiger partial charge in [-0.1, -0.05) is 37.0 Å². The number of hydrogen-bond acceptors (Lipinski definition) is 3. The Morgan fingerprint density at radius 2 is 1.52 bits per heavy atom. The van der Waals surface area contributed by atoms with Crippen LogP contribution in [0.3, 0.4) is 0 Å². The van der Waals surface area contributed by atoms with Gasteiger partial charge in [-0.25, -0.2) is 0 Å². The molecule has 0 radical (unpaired) electrons. The zero-order valence-electron chi connectivity index (χ0n) is 15.6. The molecule has 1 aliphatic heterocycles. The second-order valence-corrected chi connectivity index (χ2v) is 7.71. The maximum atomic E-state index is 9.78. The zero-order chi connectivity index (χ0) is 19.6. The standard InChI is InChI=1S/C21H24Cl2N2O2/c1-3-9-24-13-25(10-4-2)21(17-8-6-15(27)12-19(17)23)20(24)16-7-5-14(26)11-18(16)22/h5-8,11-13,20-21H,3-4,9-10H2,1-2H3,(H-,26,27)/p+1/t20-,21+. The van der Waals surface area contributed by atoms with Gasteiger partial charge in [0.25, 0.3) is 0 Å². The predicted octanol–water partition coefficient (Wildman–Crippen LogP) is 5.36. The summed E-state index contributed by atoms with van der Waals surface area (Å²) in [6.07, 6.45) is 4.16. The van der Waals surface area contributed by atoms with E-state index in [9.17, 15) is 10.2 Å². The van der Waals surface area contributed by atoms with E-state index in [1.54, 1.807) is 24.3 Å². The third-order valence-electron chi connectivity index (χ3n) is 4.88. The van der Waals surface area contributed by atoms with E-state index in [4.69, 9.17) is 23.2 Å². The molecule has 0 saturated carbocycles. The molecular weight excluding hydrogens is 383 g/mol. The van der Waals surface area contributed by atoms with E-state index in [0.717, 1.165) is 37.1 Å². The Bertz CT molecular complexity index is 854. The van der Waals surface area contributed by atoms with Gasteiger partial charge in [0.15, 0.2) is 12.1 Å². The van der Waals surface area contributed by atoms with Gasteiger partial charge in [-0.3, -0.25) is 9.48 Å². The fourth-order valence-corrected chi connectivity index (χ4v) is 4.39. The summed E-state index contributed by atoms with van der Waals surface area (Å²) in [5.41, 5.74) is 1.90. The van der Waals surface area contributed by atoms with Crippen LogP contribution in [0, 0.1) is 0 Å². The number of phenols is 2. The summed E-state index contributed by atoms with van der Waals surface area (Å²) in [7, 11) is 0. The number of rotatable bonds is 6. The third kappa shape index (κ3) is 4.02. The van der Waals surface area contributed by atoms with Gasteiger partial charge in [0, 0.05) is 11.1 Å². The average molecular weight is 408 g/mol. The molecule has 0 spiro atoms. The Kier molecular flexibility index (Phi) is 6.18. The van der Waals surface area contributed by atoms with Crippen LogP contribution in [0.2, 0.25) is 10.0 Å². The molecule has 6 heteroatoms. The van der Waals surface area contributed by atoms with Crippen LogP contribution in [-0.4, -0.2) is 39.1 Å². The number of phenolic OH excluding ortho intramolecular Hbond substituents is 2. The maximum Gasteiger partial charge on any atom is 0.235 e. The summed E-state index contributed by atoms with van der Waals surface area (Å²) in [5.74, 6) is 0.301. The van der Waals surface area contributed by atoms with Crippen molar-refractivity contribution in [3.63, 3.8) is 0 Å². The third-order valence-corrected chi connectivity index (χ3v) is 5.53. The van der Waals surface area contributed by atoms with Crippen molar-refractivity contribution < 1.29 is 14.8 Å². The first-order chi connectivity index (χ1) is 13.0. The Morgan fingerprint density at radius 1 is 0.926 bits per heavy atom. The van der Waals surface area contributed by atoms with E-state index in [0.29, 0.717) is 10.0 Å². The SMILES string of the molecule is CCCN1C=[N+](CCC)[C@H](c2ccc(O)cc2Cl)[C@@H]1c1ccc(O)cc1Cl. The number of nitrogens with zero attached hydrogens (tertiary/aromatic N) is 2. The predicted molar refractivity (Wildman–Crippen MR) is 110 cm³/mol. The molecule has 27 heavy (non-hydrogen) atoms. The first-order valence-corrected chi connectivity index (χ1v) is 10.0. The van der Waals surface area contributed by atoms with Crippen LogP contribution in [0.25, 0.3) is 0 Å². The van der Waals surface area contributed by atoms with Crippen molar-refractivity contribution in [2.75, 3.05) is 13.1 Å². The summed E-state index contributed by atoms with van der Waals surface area (Å²) in [4.78, 5) is 2.29. The molecule has 144 valence electrons. The minimum Gasteiger partial charge on any atom is -0.508 e. The summed E-state index contributed by atoms with van der Waals surface area (Å²) >= 11 is 13.1. The molecule has 0 aliphatic carbocycles. The van der Waals surface area contributed by atoms with Gasteiger partial charge in [0.2, 0.25) is 6.34 Å². The van der Waals surface area contributed by atoms with Crippen LogP contribution in [0.1, 0.15) is 49.9 Å². The lowest BCUT2D eigenvalue weighted by Gasteiger charge is -2.25. The van der Waals surface area contributed by atoms with Gasteiger partial charge in [-0.2, -0.15) is 0 Å². The molecule has 0 saturated heterocycles. The topological polar surface area (TPSA) is 46.7 Å². The van der Waals surface area contributed by atoms with Crippen molar-refractivity contribution in [2.24, 2.45) is 0 Å². The molecule has 2 aromatic carbocycles. The highest BCUT2D eigenvalue weighted by Gasteiger charge is 2.45. The van der Waals surface area contributed by atoms with Gasteiger partial charge < -0.3 is 10.2 Å². The maximum absolute atomic E-state index is 9.78. The number of benzene rings is 2. The highest BCUT2D eigenvalue weighted by molar-refractivity contribution is 6.32. The first-order valence-electron chi connectivity index (χ1n) is 9.29. The molecule has 2 N–H and O–H groups in total. The van der Waals surface area contributed by atoms with Gasteiger partial charge in [0.1, 0.15) is 11.5 Å². The zero-order valence-corrected chi connectivity index (χ0v) is 17.1. The van der Waals surface area contributed by atoms with E-state index in [2.05, 4.69) is 29.7 Å². The van der Waals surface area contributed by atoms with Crippen molar-refractivity contribution in [1.82, 2.24) is 4.90 Å². The summed E-state index contributed by atoms with van der Waals surface area (Å²) < 4.78 is 2.29. The van der Waals surface area contributed by atoms with Crippen LogP contribution in [0.5, 0.6) is 11.5 Å². The summed E-state index contributed by atoms with van der Waals surface area (Å²) in [6, 6.07) is 10.2. The van der Waals surface area contributed by atoms with Gasteiger partial charge in [0.05, 0.1) is 23.1 Å². The molecule has 1 heterocycles. The van der Waals surface area contributed by atoms with E-state index in [1.165, 1.54) is 0 Å². The Balaban J connectivity index is 2.15. The Labute approximate surface area is 170 Å². The van der Waals surface area contributed by atoms with Crippen LogP contribution >= 0.6 is 23.2 Å². The number of halogens is 2. The Hall–Kier alpha value is -1.91. The quantitative estimate of drug-likeness (QED) is 0.633. The molecule has 0 bridgehead atoms. The molecular formula is C21H25Cl2N2O2+. The van der Waals surface area contributed by atoms with Gasteiger partial charge in [-0.05, 0) is 49.2 Å². The molecule has 0 amide bonds. The fraction of sp³-hybridized carbons (Fsp3) is 0.381. The fourth-order valence-electron chi connectivity index (χ4n) is 3.82. The second kappa shape index (κ2) is 8.41. The number of aromatic hydroxyl groups is 2. The molecule has 4 nitrogen and oxygen atoms in total. The van der Waals surface area contributed by atoms with Gasteiger partial charge in [-0.15, -0.1) is 0 Å². The normalized spacial score (nSPS) is 19.4. The molecule has 2 atom stereocenters. The smallest absolute Gasteiger partial charge is 0.235 e. The van der Waals surface area contributed by atoms with Crippen molar-refractivity contribution in [3.05, 3.63) is 57.6 Å². The van der Waals surface area contributed by atoms with E-state index in [1.807, 2.05) is 12.1 Å². The van der Waals surface area contributed by atoms with Crippen LogP contribution in [-0.2, 0) is 0 Å². The van der Waals surface area contributed by atoms with Crippen LogP contribution < -0.4 is 0 Å². The summed E-state index contributed by atoms with van der Waals surface area (Å²) in [6.45, 7) is 6.06. The minimum atomic E-state index is -0.0355. The highest BCUT2D eigenvalue weighted by Crippen LogP contribution is 2.45. The molecule has 0 unspecified atom stereocenters. The molecule has 3 rings (SSSR count). The lowest BCUT2D eigenvalue weighted by Crippen LogP contribution is -2.27.